The maximum atomic E-state index is 10.2. The number of hydrogen-bond donors (Lipinski definition) is 1. The highest BCUT2D eigenvalue weighted by atomic mass is 35.5. The summed E-state index contributed by atoms with van der Waals surface area (Å²) in [5.41, 5.74) is 2.59. The number of likely N-dealkylation sites (N-methyl/N-ethyl adjacent to an activating group) is 1. The Morgan fingerprint density at radius 3 is 2.60 bits per heavy atom. The van der Waals surface area contributed by atoms with Crippen molar-refractivity contribution in [2.45, 2.75) is 20.0 Å². The third kappa shape index (κ3) is 3.41. The highest BCUT2D eigenvalue weighted by Crippen LogP contribution is 2.30. The van der Waals surface area contributed by atoms with Gasteiger partial charge in [-0.05, 0) is 25.5 Å². The number of pyridine rings is 1. The first-order valence-electron chi connectivity index (χ1n) is 6.02. The lowest BCUT2D eigenvalue weighted by molar-refractivity contribution is 0.184. The number of nitrogens with zero attached hydrogens (tertiary/aromatic N) is 3. The summed E-state index contributed by atoms with van der Waals surface area (Å²) in [7, 11) is 1.85. The van der Waals surface area contributed by atoms with E-state index in [1.54, 1.807) is 6.07 Å². The quantitative estimate of drug-likeness (QED) is 0.869. The fourth-order valence-corrected chi connectivity index (χ4v) is 3.45. The van der Waals surface area contributed by atoms with Gasteiger partial charge in [0.15, 0.2) is 5.15 Å². The molecule has 4 nitrogen and oxygen atoms in total. The maximum absolute atomic E-state index is 10.2. The first-order valence-corrected chi connectivity index (χ1v) is 7.66. The van der Waals surface area contributed by atoms with Gasteiger partial charge in [-0.1, -0.05) is 23.2 Å². The number of aromatic nitrogens is 2. The van der Waals surface area contributed by atoms with Crippen molar-refractivity contribution in [3.63, 3.8) is 0 Å². The van der Waals surface area contributed by atoms with Gasteiger partial charge in [0.2, 0.25) is 0 Å². The maximum Gasteiger partial charge on any atom is 0.154 e. The van der Waals surface area contributed by atoms with E-state index in [0.29, 0.717) is 21.9 Å². The summed E-state index contributed by atoms with van der Waals surface area (Å²) in [6.07, 6.45) is -0.662. The van der Waals surface area contributed by atoms with E-state index in [4.69, 9.17) is 23.2 Å². The van der Waals surface area contributed by atoms with E-state index in [0.717, 1.165) is 16.9 Å². The summed E-state index contributed by atoms with van der Waals surface area (Å²) in [5.74, 6) is 0. The van der Waals surface area contributed by atoms with E-state index in [2.05, 4.69) is 9.97 Å². The minimum atomic E-state index is -0.662. The second kappa shape index (κ2) is 6.26. The van der Waals surface area contributed by atoms with Crippen LogP contribution in [0.4, 0.5) is 5.69 Å². The molecule has 108 valence electrons. The number of hydrogen-bond acceptors (Lipinski definition) is 5. The fourth-order valence-electron chi connectivity index (χ4n) is 2.00. The van der Waals surface area contributed by atoms with Gasteiger partial charge in [0.05, 0.1) is 12.2 Å². The Labute approximate surface area is 132 Å². The van der Waals surface area contributed by atoms with Crippen molar-refractivity contribution in [1.29, 1.82) is 0 Å². The summed E-state index contributed by atoms with van der Waals surface area (Å²) >= 11 is 13.4. The number of rotatable bonds is 4. The first kappa shape index (κ1) is 15.5. The SMILES string of the molecule is Cc1csc([C@@H](O)CN(C)c2c(C)cc(Cl)nc2Cl)n1. The fraction of sp³-hybridized carbons (Fsp3) is 0.385. The second-order valence-corrected chi connectivity index (χ2v) is 6.26. The minimum absolute atomic E-state index is 0.333. The molecule has 0 fully saturated rings. The highest BCUT2D eigenvalue weighted by Gasteiger charge is 2.18. The van der Waals surface area contributed by atoms with Gasteiger partial charge in [-0.15, -0.1) is 11.3 Å². The molecule has 0 saturated heterocycles. The lowest BCUT2D eigenvalue weighted by atomic mass is 10.2. The molecule has 2 aromatic heterocycles. The molecule has 2 rings (SSSR count). The molecule has 0 aliphatic rings. The van der Waals surface area contributed by atoms with Crippen LogP contribution in [-0.2, 0) is 0 Å². The highest BCUT2D eigenvalue weighted by molar-refractivity contribution is 7.09. The number of aliphatic hydroxyl groups excluding tert-OH is 1. The molecule has 20 heavy (non-hydrogen) atoms. The Morgan fingerprint density at radius 1 is 1.35 bits per heavy atom. The molecule has 0 unspecified atom stereocenters. The van der Waals surface area contributed by atoms with Crippen LogP contribution in [-0.4, -0.2) is 28.7 Å². The van der Waals surface area contributed by atoms with Crippen LogP contribution in [0.15, 0.2) is 11.4 Å². The van der Waals surface area contributed by atoms with Crippen LogP contribution in [0.1, 0.15) is 22.4 Å². The van der Waals surface area contributed by atoms with Crippen LogP contribution in [0.5, 0.6) is 0 Å². The Morgan fingerprint density at radius 2 is 2.05 bits per heavy atom. The Balaban J connectivity index is 2.18. The Kier molecular flexibility index (Phi) is 4.86. The van der Waals surface area contributed by atoms with Crippen molar-refractivity contribution in [3.05, 3.63) is 38.0 Å². The zero-order valence-corrected chi connectivity index (χ0v) is 13.7. The third-order valence-electron chi connectivity index (χ3n) is 2.86. The van der Waals surface area contributed by atoms with Crippen molar-refractivity contribution < 1.29 is 5.11 Å². The van der Waals surface area contributed by atoms with Gasteiger partial charge in [-0.25, -0.2) is 9.97 Å². The van der Waals surface area contributed by atoms with Crippen LogP contribution in [0.25, 0.3) is 0 Å². The minimum Gasteiger partial charge on any atom is -0.384 e. The summed E-state index contributed by atoms with van der Waals surface area (Å²) in [5, 5.41) is 13.5. The van der Waals surface area contributed by atoms with Gasteiger partial charge < -0.3 is 10.0 Å². The van der Waals surface area contributed by atoms with Gasteiger partial charge >= 0.3 is 0 Å². The molecule has 0 spiro atoms. The number of anilines is 1. The van der Waals surface area contributed by atoms with Crippen LogP contribution < -0.4 is 4.90 Å². The lowest BCUT2D eigenvalue weighted by Crippen LogP contribution is -2.25. The van der Waals surface area contributed by atoms with Crippen molar-refractivity contribution >= 4 is 40.2 Å². The molecule has 0 radical (unpaired) electrons. The molecule has 0 aromatic carbocycles. The number of aryl methyl sites for hydroxylation is 2. The van der Waals surface area contributed by atoms with Crippen molar-refractivity contribution in [2.24, 2.45) is 0 Å². The lowest BCUT2D eigenvalue weighted by Gasteiger charge is -2.24. The van der Waals surface area contributed by atoms with E-state index in [9.17, 15) is 5.11 Å². The zero-order valence-electron chi connectivity index (χ0n) is 11.4. The molecular formula is C13H15Cl2N3OS. The topological polar surface area (TPSA) is 49.2 Å². The molecule has 1 atom stereocenters. The smallest absolute Gasteiger partial charge is 0.154 e. The van der Waals surface area contributed by atoms with Gasteiger partial charge in [-0.2, -0.15) is 0 Å². The van der Waals surface area contributed by atoms with Crippen LogP contribution in [0.2, 0.25) is 10.3 Å². The van der Waals surface area contributed by atoms with E-state index in [-0.39, 0.29) is 0 Å². The van der Waals surface area contributed by atoms with E-state index >= 15 is 0 Å². The molecule has 2 aromatic rings. The summed E-state index contributed by atoms with van der Waals surface area (Å²) in [6, 6.07) is 1.75. The van der Waals surface area contributed by atoms with Gasteiger partial charge in [0, 0.05) is 18.1 Å². The van der Waals surface area contributed by atoms with E-state index < -0.39 is 6.10 Å². The third-order valence-corrected chi connectivity index (χ3v) is 4.38. The predicted octanol–water partition coefficient (Wildman–Crippen LogP) is 3.63. The van der Waals surface area contributed by atoms with E-state index in [1.165, 1.54) is 11.3 Å². The molecule has 0 amide bonds. The predicted molar refractivity (Wildman–Crippen MR) is 84.1 cm³/mol. The van der Waals surface area contributed by atoms with Gasteiger partial charge in [0.1, 0.15) is 16.3 Å². The van der Waals surface area contributed by atoms with Crippen LogP contribution in [0, 0.1) is 13.8 Å². The molecule has 0 bridgehead atoms. The summed E-state index contributed by atoms with van der Waals surface area (Å²) in [6.45, 7) is 4.20. The first-order chi connectivity index (χ1) is 9.38. The molecular weight excluding hydrogens is 317 g/mol. The molecule has 7 heteroatoms. The molecule has 0 aliphatic carbocycles. The summed E-state index contributed by atoms with van der Waals surface area (Å²) in [4.78, 5) is 10.2. The normalized spacial score (nSPS) is 12.5. The van der Waals surface area contributed by atoms with Gasteiger partial charge in [-0.3, -0.25) is 0 Å². The van der Waals surface area contributed by atoms with Crippen LogP contribution in [0.3, 0.4) is 0 Å². The molecule has 0 aliphatic heterocycles. The average molecular weight is 332 g/mol. The van der Waals surface area contributed by atoms with E-state index in [1.807, 2.05) is 31.2 Å². The Bertz CT molecular complexity index is 594. The zero-order chi connectivity index (χ0) is 14.9. The molecule has 0 saturated carbocycles. The van der Waals surface area contributed by atoms with Crippen molar-refractivity contribution in [3.8, 4) is 0 Å². The second-order valence-electron chi connectivity index (χ2n) is 4.62. The Hall–Kier alpha value is -0.880. The van der Waals surface area contributed by atoms with Crippen molar-refractivity contribution in [2.75, 3.05) is 18.5 Å². The number of halogens is 2. The largest absolute Gasteiger partial charge is 0.384 e. The average Bonchev–Trinajstić information content (AvgIpc) is 2.74. The molecule has 2 heterocycles. The number of thiazole rings is 1. The van der Waals surface area contributed by atoms with Crippen molar-refractivity contribution in [1.82, 2.24) is 9.97 Å². The van der Waals surface area contributed by atoms with Crippen LogP contribution >= 0.6 is 34.5 Å². The summed E-state index contributed by atoms with van der Waals surface area (Å²) < 4.78 is 0. The number of aliphatic hydroxyl groups is 1. The monoisotopic (exact) mass is 331 g/mol. The van der Waals surface area contributed by atoms with Gasteiger partial charge in [0.25, 0.3) is 0 Å². The molecule has 1 N–H and O–H groups in total. The standard InChI is InChI=1S/C13H15Cl2N3OS/c1-7-4-10(14)17-12(15)11(7)18(3)5-9(19)13-16-8(2)6-20-13/h4,6,9,19H,5H2,1-3H3/t9-/m0/s1.